The van der Waals surface area contributed by atoms with Crippen LogP contribution < -0.4 is 0 Å². The van der Waals surface area contributed by atoms with Crippen LogP contribution >= 0.6 is 11.3 Å². The van der Waals surface area contributed by atoms with Gasteiger partial charge in [-0.25, -0.2) is 18.0 Å². The quantitative estimate of drug-likeness (QED) is 0.731. The first-order chi connectivity index (χ1) is 11.7. The van der Waals surface area contributed by atoms with E-state index < -0.39 is 33.8 Å². The molecular weight excluding hydrogens is 374 g/mol. The van der Waals surface area contributed by atoms with Crippen LogP contribution in [0.1, 0.15) is 32.2 Å². The summed E-state index contributed by atoms with van der Waals surface area (Å²) in [7, 11) is -1.93. The van der Waals surface area contributed by atoms with E-state index in [2.05, 4.69) is 9.47 Å². The van der Waals surface area contributed by atoms with Crippen LogP contribution in [-0.2, 0) is 24.3 Å². The fourth-order valence-electron chi connectivity index (χ4n) is 2.50. The topological polar surface area (TPSA) is 127 Å². The molecule has 1 unspecified atom stereocenters. The number of nitrogens with zero attached hydrogens (tertiary/aromatic N) is 1. The highest BCUT2D eigenvalue weighted by Gasteiger charge is 2.37. The Balaban J connectivity index is 2.47. The summed E-state index contributed by atoms with van der Waals surface area (Å²) < 4.78 is 36.0. The maximum atomic E-state index is 12.9. The standard InChI is InChI=1S/C14H17NO8S2/c1-22-13(18)9-6-10(11(24-9)14(19)23-2)25(20,21)15-5-3-4-8(7-15)12(16)17/h6,8H,3-5,7H2,1-2H3,(H,16,17). The summed E-state index contributed by atoms with van der Waals surface area (Å²) in [6.07, 6.45) is 0.764. The molecule has 0 aromatic carbocycles. The summed E-state index contributed by atoms with van der Waals surface area (Å²) in [6, 6.07) is 1.06. The van der Waals surface area contributed by atoms with E-state index in [1.165, 1.54) is 0 Å². The molecule has 1 atom stereocenters. The number of carboxylic acids is 1. The van der Waals surface area contributed by atoms with Gasteiger partial charge in [-0.05, 0) is 18.9 Å². The molecule has 9 nitrogen and oxygen atoms in total. The van der Waals surface area contributed by atoms with Crippen molar-refractivity contribution in [2.45, 2.75) is 17.7 Å². The number of piperidine rings is 1. The Kier molecular flexibility index (Phi) is 5.80. The van der Waals surface area contributed by atoms with Gasteiger partial charge in [0.15, 0.2) is 0 Å². The summed E-state index contributed by atoms with van der Waals surface area (Å²) in [5.74, 6) is -3.57. The van der Waals surface area contributed by atoms with Crippen molar-refractivity contribution >= 4 is 39.3 Å². The number of sulfonamides is 1. The van der Waals surface area contributed by atoms with Crippen LogP contribution in [-0.4, -0.2) is 63.0 Å². The summed E-state index contributed by atoms with van der Waals surface area (Å²) in [6.45, 7) is -0.0577. The molecule has 25 heavy (non-hydrogen) atoms. The molecule has 1 fully saturated rings. The van der Waals surface area contributed by atoms with Crippen LogP contribution in [0.5, 0.6) is 0 Å². The number of hydrogen-bond acceptors (Lipinski definition) is 8. The number of carbonyl (C=O) groups excluding carboxylic acids is 2. The second-order valence-electron chi connectivity index (χ2n) is 5.33. The molecular formula is C14H17NO8S2. The molecule has 1 aromatic heterocycles. The molecule has 0 radical (unpaired) electrons. The molecule has 0 bridgehead atoms. The number of ether oxygens (including phenoxy) is 2. The Morgan fingerprint density at radius 2 is 1.88 bits per heavy atom. The maximum absolute atomic E-state index is 12.9. The van der Waals surface area contributed by atoms with Gasteiger partial charge in [0.2, 0.25) is 10.0 Å². The second kappa shape index (κ2) is 7.50. The molecule has 2 rings (SSSR count). The summed E-state index contributed by atoms with van der Waals surface area (Å²) in [4.78, 5) is 34.1. The lowest BCUT2D eigenvalue weighted by atomic mass is 10.0. The average Bonchev–Trinajstić information content (AvgIpc) is 3.06. The average molecular weight is 391 g/mol. The van der Waals surface area contributed by atoms with Gasteiger partial charge in [-0.15, -0.1) is 11.3 Å². The number of esters is 2. The smallest absolute Gasteiger partial charge is 0.349 e. The highest BCUT2D eigenvalue weighted by Crippen LogP contribution is 2.32. The van der Waals surface area contributed by atoms with E-state index in [1.807, 2.05) is 0 Å². The van der Waals surface area contributed by atoms with E-state index >= 15 is 0 Å². The molecule has 138 valence electrons. The zero-order valence-electron chi connectivity index (χ0n) is 13.6. The molecule has 1 saturated heterocycles. The summed E-state index contributed by atoms with van der Waals surface area (Å²) in [5.41, 5.74) is 0. The van der Waals surface area contributed by atoms with Gasteiger partial charge in [0, 0.05) is 13.1 Å². The Labute approximate surface area is 148 Å². The number of hydrogen-bond donors (Lipinski definition) is 1. The van der Waals surface area contributed by atoms with Crippen LogP contribution in [0.3, 0.4) is 0 Å². The van der Waals surface area contributed by atoms with Gasteiger partial charge >= 0.3 is 17.9 Å². The minimum atomic E-state index is -4.16. The van der Waals surface area contributed by atoms with Crippen LogP contribution in [0.4, 0.5) is 0 Å². The molecule has 0 saturated carbocycles. The first kappa shape index (κ1) is 19.3. The van der Waals surface area contributed by atoms with E-state index in [0.717, 1.165) is 24.6 Å². The molecule has 0 aliphatic carbocycles. The fraction of sp³-hybridized carbons (Fsp3) is 0.500. The first-order valence-electron chi connectivity index (χ1n) is 7.25. The first-order valence-corrected chi connectivity index (χ1v) is 9.51. The molecule has 1 aromatic rings. The van der Waals surface area contributed by atoms with Gasteiger partial charge in [-0.2, -0.15) is 4.31 Å². The number of methoxy groups -OCH3 is 2. The Morgan fingerprint density at radius 3 is 2.44 bits per heavy atom. The Hall–Kier alpha value is -1.98. The van der Waals surface area contributed by atoms with Gasteiger partial charge in [-0.1, -0.05) is 0 Å². The van der Waals surface area contributed by atoms with E-state index in [0.29, 0.717) is 24.2 Å². The lowest BCUT2D eigenvalue weighted by molar-refractivity contribution is -0.142. The lowest BCUT2D eigenvalue weighted by Gasteiger charge is -2.29. The van der Waals surface area contributed by atoms with Gasteiger partial charge in [0.05, 0.1) is 20.1 Å². The zero-order chi connectivity index (χ0) is 18.8. The van der Waals surface area contributed by atoms with E-state index in [1.54, 1.807) is 0 Å². The van der Waals surface area contributed by atoms with E-state index in [4.69, 9.17) is 5.11 Å². The molecule has 0 spiro atoms. The van der Waals surface area contributed by atoms with Crippen molar-refractivity contribution in [3.63, 3.8) is 0 Å². The lowest BCUT2D eigenvalue weighted by Crippen LogP contribution is -2.42. The maximum Gasteiger partial charge on any atom is 0.349 e. The van der Waals surface area contributed by atoms with Crippen molar-refractivity contribution < 1.29 is 37.4 Å². The number of rotatable bonds is 5. The molecule has 11 heteroatoms. The number of carboxylic acid groups (broad SMARTS) is 1. The highest BCUT2D eigenvalue weighted by atomic mass is 32.2. The monoisotopic (exact) mass is 391 g/mol. The van der Waals surface area contributed by atoms with Crippen LogP contribution in [0.2, 0.25) is 0 Å². The van der Waals surface area contributed by atoms with Crippen LogP contribution in [0.25, 0.3) is 0 Å². The predicted molar refractivity (Wildman–Crippen MR) is 86.1 cm³/mol. The highest BCUT2D eigenvalue weighted by molar-refractivity contribution is 7.89. The van der Waals surface area contributed by atoms with Crippen LogP contribution in [0, 0.1) is 5.92 Å². The molecule has 1 aliphatic heterocycles. The predicted octanol–water partition coefficient (Wildman–Crippen LogP) is 0.807. The van der Waals surface area contributed by atoms with Crippen molar-refractivity contribution in [2.24, 2.45) is 5.92 Å². The van der Waals surface area contributed by atoms with Crippen molar-refractivity contribution in [3.8, 4) is 0 Å². The zero-order valence-corrected chi connectivity index (χ0v) is 15.2. The third-order valence-corrected chi connectivity index (χ3v) is 6.92. The van der Waals surface area contributed by atoms with Crippen LogP contribution in [0.15, 0.2) is 11.0 Å². The minimum Gasteiger partial charge on any atom is -0.481 e. The van der Waals surface area contributed by atoms with Gasteiger partial charge < -0.3 is 14.6 Å². The second-order valence-corrected chi connectivity index (χ2v) is 8.29. The van der Waals surface area contributed by atoms with E-state index in [-0.39, 0.29) is 27.7 Å². The fourth-order valence-corrected chi connectivity index (χ4v) is 5.52. The van der Waals surface area contributed by atoms with Crippen molar-refractivity contribution in [3.05, 3.63) is 15.8 Å². The SMILES string of the molecule is COC(=O)c1cc(S(=O)(=O)N2CCCC(C(=O)O)C2)c(C(=O)OC)s1. The molecule has 2 heterocycles. The summed E-state index contributed by atoms with van der Waals surface area (Å²) in [5, 5.41) is 9.13. The normalized spacial score (nSPS) is 18.6. The largest absolute Gasteiger partial charge is 0.481 e. The molecule has 1 N–H and O–H groups in total. The Morgan fingerprint density at radius 1 is 1.24 bits per heavy atom. The van der Waals surface area contributed by atoms with Crippen molar-refractivity contribution in [1.29, 1.82) is 0 Å². The van der Waals surface area contributed by atoms with Crippen molar-refractivity contribution in [1.82, 2.24) is 4.31 Å². The third kappa shape index (κ3) is 3.83. The number of thiophene rings is 1. The Bertz CT molecular complexity index is 798. The molecule has 0 amide bonds. The number of aliphatic carboxylic acids is 1. The molecule has 1 aliphatic rings. The van der Waals surface area contributed by atoms with Gasteiger partial charge in [0.25, 0.3) is 0 Å². The number of carbonyl (C=O) groups is 3. The summed E-state index contributed by atoms with van der Waals surface area (Å²) >= 11 is 0.652. The third-order valence-electron chi connectivity index (χ3n) is 3.81. The van der Waals surface area contributed by atoms with Crippen molar-refractivity contribution in [2.75, 3.05) is 27.3 Å². The van der Waals surface area contributed by atoms with E-state index in [9.17, 15) is 22.8 Å². The van der Waals surface area contributed by atoms with Gasteiger partial charge in [0.1, 0.15) is 14.6 Å². The minimum absolute atomic E-state index is 0.0618. The van der Waals surface area contributed by atoms with Gasteiger partial charge in [-0.3, -0.25) is 4.79 Å².